The monoisotopic (exact) mass is 414 g/mol. The molecule has 0 aliphatic heterocycles. The zero-order valence-corrected chi connectivity index (χ0v) is 13.0. The highest BCUT2D eigenvalue weighted by Gasteiger charge is 3.00. The van der Waals surface area contributed by atoms with Crippen LogP contribution < -0.4 is 0 Å². The van der Waals surface area contributed by atoms with Gasteiger partial charge in [0.1, 0.15) is 0 Å². The van der Waals surface area contributed by atoms with Crippen LogP contribution in [0.2, 0.25) is 0 Å². The number of hydrogen-bond donors (Lipinski definition) is 0. The third kappa shape index (κ3) is 1.14. The summed E-state index contributed by atoms with van der Waals surface area (Å²) in [7, 11) is 0. The molecule has 0 heterocycles. The lowest BCUT2D eigenvalue weighted by atomic mass is 9.57. The molecule has 0 aromatic rings. The van der Waals surface area contributed by atoms with Crippen molar-refractivity contribution in [3.05, 3.63) is 33.9 Å². The van der Waals surface area contributed by atoms with Crippen LogP contribution in [0.3, 0.4) is 0 Å². The molecule has 12 heteroatoms. The van der Waals surface area contributed by atoms with Gasteiger partial charge in [0.25, 0.3) is 11.3 Å². The highest BCUT2D eigenvalue weighted by atomic mass is 19.3. The highest BCUT2D eigenvalue weighted by Crippen LogP contribution is 2.81. The van der Waals surface area contributed by atoms with Gasteiger partial charge < -0.3 is 0 Å². The molecule has 5 aliphatic carbocycles. The van der Waals surface area contributed by atoms with Crippen LogP contribution in [-0.4, -0.2) is 40.4 Å². The van der Waals surface area contributed by atoms with Crippen LogP contribution in [0, 0.1) is 0 Å². The van der Waals surface area contributed by atoms with E-state index in [1.807, 2.05) is 0 Å². The molecule has 150 valence electrons. The molecule has 0 aromatic heterocycles. The van der Waals surface area contributed by atoms with Crippen molar-refractivity contribution in [1.29, 1.82) is 0 Å². The number of fused-ring (bicyclic) bond motifs is 3. The van der Waals surface area contributed by atoms with E-state index in [1.165, 1.54) is 0 Å². The molecule has 0 aromatic carbocycles. The molecule has 0 spiro atoms. The van der Waals surface area contributed by atoms with Crippen LogP contribution >= 0.6 is 0 Å². The molecule has 4 atom stereocenters. The summed E-state index contributed by atoms with van der Waals surface area (Å²) in [5, 5.41) is 0. The van der Waals surface area contributed by atoms with E-state index in [2.05, 4.69) is 0 Å². The van der Waals surface area contributed by atoms with Crippen molar-refractivity contribution in [2.75, 3.05) is 0 Å². The molecule has 4 unspecified atom stereocenters. The fourth-order valence-corrected chi connectivity index (χ4v) is 4.62. The summed E-state index contributed by atoms with van der Waals surface area (Å²) in [5.74, 6) is -25.7. The quantitative estimate of drug-likeness (QED) is 0.360. The van der Waals surface area contributed by atoms with E-state index in [-0.39, 0.29) is 0 Å². The van der Waals surface area contributed by atoms with Gasteiger partial charge in [-0.2, -0.15) is 26.3 Å². The lowest BCUT2D eigenvalue weighted by Crippen LogP contribution is -2.75. The van der Waals surface area contributed by atoms with E-state index in [9.17, 15) is 35.1 Å². The molecule has 0 saturated carbocycles. The molecular weight excluding hydrogens is 408 g/mol. The standard InChI is InChI=1S/C15H6F12/c1-3-4(2)10(19)6-5(9(3,18)13(10,22)23)11(20)7(16)8(17)12(6,21)15(26,27)14(11,24)25/h1-2H3. The third-order valence-electron chi connectivity index (χ3n) is 6.15. The second-order valence-corrected chi connectivity index (χ2v) is 6.99. The maximum Gasteiger partial charge on any atom is 0.358 e. The van der Waals surface area contributed by atoms with Crippen LogP contribution in [0.15, 0.2) is 33.9 Å². The Morgan fingerprint density at radius 2 is 0.704 bits per heavy atom. The lowest BCUT2D eigenvalue weighted by molar-refractivity contribution is -0.316. The van der Waals surface area contributed by atoms with E-state index in [0.29, 0.717) is 13.8 Å². The maximum absolute atomic E-state index is 15.3. The maximum atomic E-state index is 15.3. The summed E-state index contributed by atoms with van der Waals surface area (Å²) in [6.45, 7) is 0.804. The van der Waals surface area contributed by atoms with Gasteiger partial charge in [-0.1, -0.05) is 0 Å². The zero-order chi connectivity index (χ0) is 21.0. The van der Waals surface area contributed by atoms with E-state index in [4.69, 9.17) is 0 Å². The van der Waals surface area contributed by atoms with Crippen molar-refractivity contribution in [2.45, 2.75) is 54.3 Å². The van der Waals surface area contributed by atoms with Crippen molar-refractivity contribution in [2.24, 2.45) is 0 Å². The summed E-state index contributed by atoms with van der Waals surface area (Å²) in [6, 6.07) is 0. The summed E-state index contributed by atoms with van der Waals surface area (Å²) in [4.78, 5) is 0. The molecule has 5 rings (SSSR count). The Morgan fingerprint density at radius 3 is 0.963 bits per heavy atom. The fourth-order valence-electron chi connectivity index (χ4n) is 4.62. The number of alkyl halides is 10. The number of hydrogen-bond acceptors (Lipinski definition) is 0. The minimum Gasteiger partial charge on any atom is -0.227 e. The Hall–Kier alpha value is -1.62. The number of halogens is 12. The van der Waals surface area contributed by atoms with Crippen molar-refractivity contribution >= 4 is 0 Å². The Kier molecular flexibility index (Phi) is 2.71. The Morgan fingerprint density at radius 1 is 0.444 bits per heavy atom. The van der Waals surface area contributed by atoms with Crippen LogP contribution in [0.4, 0.5) is 52.7 Å². The van der Waals surface area contributed by atoms with Crippen molar-refractivity contribution in [3.63, 3.8) is 0 Å². The summed E-state index contributed by atoms with van der Waals surface area (Å²) < 4.78 is 174. The zero-order valence-electron chi connectivity index (χ0n) is 13.0. The topological polar surface area (TPSA) is 0 Å². The number of rotatable bonds is 0. The normalized spacial score (nSPS) is 48.7. The molecule has 0 fully saturated rings. The highest BCUT2D eigenvalue weighted by molar-refractivity contribution is 5.76. The van der Waals surface area contributed by atoms with Crippen LogP contribution in [0.5, 0.6) is 0 Å². The van der Waals surface area contributed by atoms with Gasteiger partial charge in [0.15, 0.2) is 11.7 Å². The first-order chi connectivity index (χ1) is 11.9. The van der Waals surface area contributed by atoms with Gasteiger partial charge in [0.2, 0.25) is 11.3 Å². The van der Waals surface area contributed by atoms with Gasteiger partial charge in [-0.15, -0.1) is 0 Å². The molecule has 4 bridgehead atoms. The first-order valence-corrected chi connectivity index (χ1v) is 7.27. The van der Waals surface area contributed by atoms with Crippen LogP contribution in [-0.2, 0) is 0 Å². The van der Waals surface area contributed by atoms with Crippen LogP contribution in [0.25, 0.3) is 0 Å². The predicted octanol–water partition coefficient (Wildman–Crippen LogP) is 5.56. The Bertz CT molecular complexity index is 855. The number of allylic oxidation sites excluding steroid dienone is 6. The van der Waals surface area contributed by atoms with E-state index in [1.54, 1.807) is 0 Å². The minimum absolute atomic E-state index is 0.402. The second kappa shape index (κ2) is 3.91. The summed E-state index contributed by atoms with van der Waals surface area (Å²) in [5.41, 5.74) is -30.1. The molecule has 0 N–H and O–H groups in total. The van der Waals surface area contributed by atoms with Crippen molar-refractivity contribution in [3.8, 4) is 0 Å². The molecule has 27 heavy (non-hydrogen) atoms. The molecule has 5 aliphatic rings. The van der Waals surface area contributed by atoms with Crippen molar-refractivity contribution in [1.82, 2.24) is 0 Å². The minimum atomic E-state index is -6.53. The smallest absolute Gasteiger partial charge is 0.227 e. The molecule has 0 radical (unpaired) electrons. The van der Waals surface area contributed by atoms with Gasteiger partial charge in [-0.05, 0) is 25.0 Å². The van der Waals surface area contributed by atoms with Gasteiger partial charge in [0, 0.05) is 11.1 Å². The Labute approximate surface area is 142 Å². The SMILES string of the molecule is CC1=C(C)C2(F)C3=C(C1(F)C2(F)F)C1(F)C(F)=C(F)C3(F)C(F)(F)C1(F)F. The average molecular weight is 414 g/mol. The lowest BCUT2D eigenvalue weighted by Gasteiger charge is -2.54. The van der Waals surface area contributed by atoms with E-state index in [0.717, 1.165) is 0 Å². The largest absolute Gasteiger partial charge is 0.358 e. The third-order valence-corrected chi connectivity index (χ3v) is 6.15. The van der Waals surface area contributed by atoms with Crippen molar-refractivity contribution < 1.29 is 52.7 Å². The first-order valence-electron chi connectivity index (χ1n) is 7.27. The van der Waals surface area contributed by atoms with Gasteiger partial charge in [0.05, 0.1) is 0 Å². The average Bonchev–Trinajstić information content (AvgIpc) is 2.77. The summed E-state index contributed by atoms with van der Waals surface area (Å²) >= 11 is 0. The van der Waals surface area contributed by atoms with E-state index < -0.39 is 74.4 Å². The molecule has 0 nitrogen and oxygen atoms in total. The fraction of sp³-hybridized carbons (Fsp3) is 0.600. The predicted molar refractivity (Wildman–Crippen MR) is 64.8 cm³/mol. The van der Waals surface area contributed by atoms with E-state index >= 15 is 17.6 Å². The van der Waals surface area contributed by atoms with Gasteiger partial charge >= 0.3 is 17.8 Å². The molecular formula is C15H6F12. The molecule has 0 saturated heterocycles. The van der Waals surface area contributed by atoms with Crippen LogP contribution in [0.1, 0.15) is 13.8 Å². The Balaban J connectivity index is 2.28. The molecule has 0 amide bonds. The first kappa shape index (κ1) is 18.7. The van der Waals surface area contributed by atoms with Gasteiger partial charge in [-0.3, -0.25) is 0 Å². The summed E-state index contributed by atoms with van der Waals surface area (Å²) in [6.07, 6.45) is 0. The van der Waals surface area contributed by atoms with Gasteiger partial charge in [-0.25, -0.2) is 26.3 Å². The second-order valence-electron chi connectivity index (χ2n) is 6.99.